The number of benzene rings is 1. The van der Waals surface area contributed by atoms with Crippen molar-refractivity contribution in [2.45, 2.75) is 24.9 Å². The predicted molar refractivity (Wildman–Crippen MR) is 100 cm³/mol. The zero-order valence-electron chi connectivity index (χ0n) is 15.5. The molecule has 152 valence electrons. The lowest BCUT2D eigenvalue weighted by atomic mass is 9.75. The van der Waals surface area contributed by atoms with E-state index in [0.717, 1.165) is 5.56 Å². The lowest BCUT2D eigenvalue weighted by molar-refractivity contribution is -0.124. The molecule has 3 N–H and O–H groups in total. The van der Waals surface area contributed by atoms with Gasteiger partial charge < -0.3 is 29.8 Å². The van der Waals surface area contributed by atoms with Crippen molar-refractivity contribution < 1.29 is 28.3 Å². The maximum atomic E-state index is 12.5. The van der Waals surface area contributed by atoms with Crippen LogP contribution in [0.5, 0.6) is 0 Å². The van der Waals surface area contributed by atoms with Gasteiger partial charge in [-0.3, -0.25) is 9.59 Å². The topological polar surface area (TPSA) is 132 Å². The van der Waals surface area contributed by atoms with Crippen LogP contribution in [0.2, 0.25) is 0 Å². The van der Waals surface area contributed by atoms with Gasteiger partial charge in [-0.25, -0.2) is 9.78 Å². The van der Waals surface area contributed by atoms with E-state index >= 15 is 0 Å². The minimum atomic E-state index is -0.763. The first kappa shape index (κ1) is 18.9. The lowest BCUT2D eigenvalue weighted by Crippen LogP contribution is -2.39. The summed E-state index contributed by atoms with van der Waals surface area (Å²) in [5.74, 6) is -0.204. The highest BCUT2D eigenvalue weighted by atomic mass is 16.6. The highest BCUT2D eigenvalue weighted by Crippen LogP contribution is 2.45. The van der Waals surface area contributed by atoms with Gasteiger partial charge in [0.25, 0.3) is 0 Å². The average Bonchev–Trinajstić information content (AvgIpc) is 3.33. The molecule has 2 aromatic rings. The lowest BCUT2D eigenvalue weighted by Gasteiger charge is -2.31. The molecule has 4 rings (SSSR count). The van der Waals surface area contributed by atoms with Crippen LogP contribution in [-0.4, -0.2) is 42.7 Å². The highest BCUT2D eigenvalue weighted by molar-refractivity contribution is 6.07. The summed E-state index contributed by atoms with van der Waals surface area (Å²) in [6.45, 7) is 0.694. The van der Waals surface area contributed by atoms with Gasteiger partial charge in [0, 0.05) is 24.6 Å². The molecule has 10 heteroatoms. The van der Waals surface area contributed by atoms with Crippen LogP contribution in [0.1, 0.15) is 24.3 Å². The highest BCUT2D eigenvalue weighted by Gasteiger charge is 2.47. The third kappa shape index (κ3) is 3.92. The van der Waals surface area contributed by atoms with Crippen LogP contribution >= 0.6 is 0 Å². The van der Waals surface area contributed by atoms with Gasteiger partial charge in [-0.05, 0) is 30.5 Å². The van der Waals surface area contributed by atoms with Gasteiger partial charge in [0.2, 0.25) is 17.7 Å². The van der Waals surface area contributed by atoms with Crippen LogP contribution in [0, 0.1) is 0 Å². The van der Waals surface area contributed by atoms with Crippen LogP contribution < -0.4 is 16.0 Å². The minimum absolute atomic E-state index is 0.0327. The Morgan fingerprint density at radius 2 is 2.10 bits per heavy atom. The van der Waals surface area contributed by atoms with Gasteiger partial charge in [-0.2, -0.15) is 0 Å². The number of anilines is 2. The zero-order valence-corrected chi connectivity index (χ0v) is 15.5. The molecular weight excluding hydrogens is 380 g/mol. The van der Waals surface area contributed by atoms with Crippen LogP contribution in [0.4, 0.5) is 16.2 Å². The number of carbonyl (C=O) groups excluding carboxylic acids is 3. The molecule has 0 atom stereocenters. The van der Waals surface area contributed by atoms with Crippen LogP contribution in [-0.2, 0) is 31.1 Å². The van der Waals surface area contributed by atoms with Crippen LogP contribution in [0.15, 0.2) is 35.1 Å². The number of ether oxygens (including phenoxy) is 2. The van der Waals surface area contributed by atoms with E-state index in [1.807, 2.05) is 6.07 Å². The summed E-state index contributed by atoms with van der Waals surface area (Å²) in [5.41, 5.74) is 1.59. The van der Waals surface area contributed by atoms with Crippen molar-refractivity contribution in [1.29, 1.82) is 0 Å². The second kappa shape index (κ2) is 7.92. The Morgan fingerprint density at radius 1 is 1.28 bits per heavy atom. The van der Waals surface area contributed by atoms with Gasteiger partial charge in [0.15, 0.2) is 6.61 Å². The third-order valence-corrected chi connectivity index (χ3v) is 5.05. The van der Waals surface area contributed by atoms with Crippen molar-refractivity contribution in [3.63, 3.8) is 0 Å². The summed E-state index contributed by atoms with van der Waals surface area (Å²) in [4.78, 5) is 40.1. The van der Waals surface area contributed by atoms with Crippen molar-refractivity contribution in [1.82, 2.24) is 10.3 Å². The summed E-state index contributed by atoms with van der Waals surface area (Å²) in [7, 11) is 0. The molecule has 0 bridgehead atoms. The van der Waals surface area contributed by atoms with E-state index < -0.39 is 17.4 Å². The fourth-order valence-corrected chi connectivity index (χ4v) is 3.58. The quantitative estimate of drug-likeness (QED) is 0.694. The van der Waals surface area contributed by atoms with E-state index in [-0.39, 0.29) is 24.9 Å². The Kier molecular flexibility index (Phi) is 5.17. The number of fused-ring (bicyclic) bond motifs is 2. The largest absolute Gasteiger partial charge is 0.446 e. The molecule has 1 aromatic heterocycles. The van der Waals surface area contributed by atoms with Gasteiger partial charge in [-0.1, -0.05) is 6.07 Å². The van der Waals surface area contributed by atoms with E-state index in [0.29, 0.717) is 37.4 Å². The molecular formula is C19H20N4O6. The number of rotatable bonds is 5. The summed E-state index contributed by atoms with van der Waals surface area (Å²) < 4.78 is 15.2. The van der Waals surface area contributed by atoms with Crippen molar-refractivity contribution in [2.75, 3.05) is 30.4 Å². The first-order valence-corrected chi connectivity index (χ1v) is 9.19. The Balaban J connectivity index is 1.31. The van der Waals surface area contributed by atoms with E-state index in [4.69, 9.17) is 13.9 Å². The molecule has 1 spiro atoms. The Labute approximate surface area is 166 Å². The second-order valence-electron chi connectivity index (χ2n) is 6.81. The minimum Gasteiger partial charge on any atom is -0.446 e. The summed E-state index contributed by atoms with van der Waals surface area (Å²) in [6.07, 6.45) is 3.31. The molecule has 2 aliphatic heterocycles. The molecule has 1 saturated heterocycles. The molecule has 10 nitrogen and oxygen atoms in total. The van der Waals surface area contributed by atoms with Gasteiger partial charge >= 0.3 is 6.09 Å². The molecule has 0 saturated carbocycles. The number of hydrogen-bond acceptors (Lipinski definition) is 7. The number of nitrogens with zero attached hydrogens (tertiary/aromatic N) is 1. The van der Waals surface area contributed by atoms with E-state index in [2.05, 4.69) is 20.9 Å². The molecule has 3 amide bonds. The first-order chi connectivity index (χ1) is 14.1. The first-order valence-electron chi connectivity index (χ1n) is 9.19. The second-order valence-corrected chi connectivity index (χ2v) is 6.81. The van der Waals surface area contributed by atoms with E-state index in [9.17, 15) is 14.4 Å². The number of amides is 3. The Bertz CT molecular complexity index is 921. The summed E-state index contributed by atoms with van der Waals surface area (Å²) in [5, 5.41) is 7.93. The number of aromatic nitrogens is 1. The molecule has 29 heavy (non-hydrogen) atoms. The third-order valence-electron chi connectivity index (χ3n) is 5.05. The summed E-state index contributed by atoms with van der Waals surface area (Å²) in [6, 6.07) is 5.32. The molecule has 2 aliphatic rings. The normalized spacial score (nSPS) is 16.8. The van der Waals surface area contributed by atoms with Crippen LogP contribution in [0.3, 0.4) is 0 Å². The van der Waals surface area contributed by atoms with Crippen molar-refractivity contribution in [3.05, 3.63) is 42.1 Å². The monoisotopic (exact) mass is 400 g/mol. The fourth-order valence-electron chi connectivity index (χ4n) is 3.58. The van der Waals surface area contributed by atoms with Crippen molar-refractivity contribution >= 4 is 29.3 Å². The number of nitrogens with one attached hydrogen (secondary N) is 3. The van der Waals surface area contributed by atoms with Crippen molar-refractivity contribution in [3.8, 4) is 0 Å². The SMILES string of the molecule is O=C(CNC(=O)OCc1ncco1)Nc1ccc2c(c1)NC(=O)C21CCOCC1. The van der Waals surface area contributed by atoms with Crippen molar-refractivity contribution in [2.24, 2.45) is 0 Å². The Hall–Kier alpha value is -3.40. The standard InChI is InChI=1S/C19H20N4O6/c24-15(10-21-18(26)29-11-16-20-5-8-28-16)22-12-1-2-13-14(9-12)23-17(25)19(13)3-6-27-7-4-19/h1-2,5,8-9H,3-4,6-7,10-11H2,(H,21,26)(H,22,24)(H,23,25). The Morgan fingerprint density at radius 3 is 2.86 bits per heavy atom. The smallest absolute Gasteiger partial charge is 0.408 e. The molecule has 1 fully saturated rings. The summed E-state index contributed by atoms with van der Waals surface area (Å²) >= 11 is 0. The van der Waals surface area contributed by atoms with E-state index in [1.54, 1.807) is 12.1 Å². The number of alkyl carbamates (subject to hydrolysis) is 1. The predicted octanol–water partition coefficient (Wildman–Crippen LogP) is 1.54. The molecule has 0 unspecified atom stereocenters. The van der Waals surface area contributed by atoms with Gasteiger partial charge in [0.05, 0.1) is 11.6 Å². The molecule has 3 heterocycles. The molecule has 0 radical (unpaired) electrons. The molecule has 1 aromatic carbocycles. The average molecular weight is 400 g/mol. The maximum absolute atomic E-state index is 12.5. The fraction of sp³-hybridized carbons (Fsp3) is 0.368. The molecule has 0 aliphatic carbocycles. The number of hydrogen-bond donors (Lipinski definition) is 3. The van der Waals surface area contributed by atoms with E-state index in [1.165, 1.54) is 12.5 Å². The zero-order chi connectivity index (χ0) is 20.3. The van der Waals surface area contributed by atoms with Gasteiger partial charge in [-0.15, -0.1) is 0 Å². The van der Waals surface area contributed by atoms with Crippen LogP contribution in [0.25, 0.3) is 0 Å². The number of oxazole rings is 1. The maximum Gasteiger partial charge on any atom is 0.408 e. The van der Waals surface area contributed by atoms with Gasteiger partial charge in [0.1, 0.15) is 12.8 Å². The number of carbonyl (C=O) groups is 3.